The summed E-state index contributed by atoms with van der Waals surface area (Å²) in [6.07, 6.45) is 10.5. The number of carbonyl (C=O) groups is 1. The Kier molecular flexibility index (Phi) is 7.34. The van der Waals surface area contributed by atoms with E-state index >= 15 is 0 Å². The molecule has 8 nitrogen and oxygen atoms in total. The van der Waals surface area contributed by atoms with Crippen LogP contribution in [0.15, 0.2) is 24.7 Å². The first kappa shape index (κ1) is 23.4. The summed E-state index contributed by atoms with van der Waals surface area (Å²) in [6.45, 7) is 9.20. The average molecular weight is 567 g/mol. The van der Waals surface area contributed by atoms with Gasteiger partial charge in [-0.05, 0) is 59.7 Å². The lowest BCUT2D eigenvalue weighted by atomic mass is 10.2. The van der Waals surface area contributed by atoms with Crippen molar-refractivity contribution in [2.45, 2.75) is 72.0 Å². The molecule has 5 rings (SSSR count). The fourth-order valence-electron chi connectivity index (χ4n) is 3.81. The van der Waals surface area contributed by atoms with Crippen molar-refractivity contribution >= 4 is 51.0 Å². The Labute approximate surface area is 203 Å². The highest BCUT2D eigenvalue weighted by molar-refractivity contribution is 14.2. The number of pyridine rings is 1. The number of amides is 2. The molecule has 3 heterocycles. The number of rotatable bonds is 7. The zero-order valence-electron chi connectivity index (χ0n) is 19.0. The molecular weight excluding hydrogens is 536 g/mol. The van der Waals surface area contributed by atoms with Gasteiger partial charge in [-0.25, -0.2) is 9.25 Å². The number of aromatic nitrogens is 5. The molecule has 172 valence electrons. The topological polar surface area (TPSA) is 80.9 Å². The van der Waals surface area contributed by atoms with Gasteiger partial charge in [-0.1, -0.05) is 27.7 Å². The molecule has 0 radical (unpaired) electrons. The normalized spacial score (nSPS) is 15.9. The second-order valence-corrected chi connectivity index (χ2v) is 10.6. The molecule has 0 bridgehead atoms. The van der Waals surface area contributed by atoms with Gasteiger partial charge in [0.25, 0.3) is 0 Å². The predicted molar refractivity (Wildman–Crippen MR) is 140 cm³/mol. The predicted octanol–water partition coefficient (Wildman–Crippen LogP) is 5.93. The molecule has 0 aliphatic heterocycles. The third-order valence-corrected chi connectivity index (χ3v) is 7.35. The number of fused-ring (bicyclic) bond motifs is 1. The minimum atomic E-state index is -0.0106. The Hall–Kier alpha value is -1.74. The molecule has 10 heteroatoms. The van der Waals surface area contributed by atoms with Crippen molar-refractivity contribution < 1.29 is 4.79 Å². The number of hydrogen-bond acceptors (Lipinski definition) is 4. The number of hydrogen-bond donors (Lipinski definition) is 1. The van der Waals surface area contributed by atoms with Gasteiger partial charge in [0.2, 0.25) is 0 Å². The molecule has 0 aromatic carbocycles. The lowest BCUT2D eigenvalue weighted by Crippen LogP contribution is -2.38. The van der Waals surface area contributed by atoms with Crippen LogP contribution in [0.25, 0.3) is 22.3 Å². The van der Waals surface area contributed by atoms with Gasteiger partial charge in [-0.3, -0.25) is 9.67 Å². The zero-order valence-corrected chi connectivity index (χ0v) is 22.2. The maximum absolute atomic E-state index is 13.0. The van der Waals surface area contributed by atoms with E-state index in [0.29, 0.717) is 30.1 Å². The molecule has 0 spiro atoms. The molecule has 2 amide bonds. The van der Waals surface area contributed by atoms with Gasteiger partial charge in [-0.2, -0.15) is 10.2 Å². The van der Waals surface area contributed by atoms with Crippen LogP contribution in [-0.2, 0) is 6.54 Å². The molecule has 2 fully saturated rings. The number of anilines is 1. The van der Waals surface area contributed by atoms with Crippen molar-refractivity contribution in [1.29, 1.82) is 0 Å². The molecule has 1 unspecified atom stereocenters. The Morgan fingerprint density at radius 1 is 1.25 bits per heavy atom. The van der Waals surface area contributed by atoms with Gasteiger partial charge in [0.05, 0.1) is 35.7 Å². The van der Waals surface area contributed by atoms with Crippen molar-refractivity contribution in [1.82, 2.24) is 29.2 Å². The first-order valence-electron chi connectivity index (χ1n) is 11.4. The maximum atomic E-state index is 13.0. The van der Waals surface area contributed by atoms with Crippen LogP contribution in [0, 0.1) is 5.92 Å². The smallest absolute Gasteiger partial charge is 0.319 e. The average Bonchev–Trinajstić information content (AvgIpc) is 3.72. The molecular formula is C22H31IN7OP. The van der Waals surface area contributed by atoms with Gasteiger partial charge in [-0.15, -0.1) is 0 Å². The summed E-state index contributed by atoms with van der Waals surface area (Å²) in [5.74, 6) is 0.495. The minimum Gasteiger partial charge on any atom is -0.319 e. The van der Waals surface area contributed by atoms with E-state index in [9.17, 15) is 4.79 Å². The highest BCUT2D eigenvalue weighted by Crippen LogP contribution is 2.38. The Bertz CT molecular complexity index is 1080. The van der Waals surface area contributed by atoms with Crippen molar-refractivity contribution in [2.24, 2.45) is 5.92 Å². The van der Waals surface area contributed by atoms with Crippen LogP contribution in [-0.4, -0.2) is 47.3 Å². The van der Waals surface area contributed by atoms with Crippen molar-refractivity contribution in [2.75, 3.05) is 5.32 Å². The largest absolute Gasteiger partial charge is 0.322 e. The van der Waals surface area contributed by atoms with Crippen molar-refractivity contribution in [3.8, 4) is 11.4 Å². The van der Waals surface area contributed by atoms with Crippen LogP contribution in [0.2, 0.25) is 0 Å². The van der Waals surface area contributed by atoms with Gasteiger partial charge < -0.3 is 10.2 Å². The Morgan fingerprint density at radius 3 is 2.53 bits per heavy atom. The molecule has 1 atom stereocenters. The highest BCUT2D eigenvalue weighted by atomic mass is 127. The van der Waals surface area contributed by atoms with Crippen LogP contribution in [0.3, 0.4) is 0 Å². The van der Waals surface area contributed by atoms with Crippen LogP contribution >= 0.6 is 28.4 Å². The van der Waals surface area contributed by atoms with E-state index in [2.05, 4.69) is 51.3 Å². The minimum absolute atomic E-state index is 0.0106. The Morgan fingerprint density at radius 2 is 1.94 bits per heavy atom. The van der Waals surface area contributed by atoms with Gasteiger partial charge in [0.1, 0.15) is 5.69 Å². The lowest BCUT2D eigenvalue weighted by molar-refractivity contribution is 0.206. The van der Waals surface area contributed by atoms with Crippen molar-refractivity contribution in [3.05, 3.63) is 24.7 Å². The first-order chi connectivity index (χ1) is 15.5. The fourth-order valence-corrected chi connectivity index (χ4v) is 4.86. The second-order valence-electron chi connectivity index (χ2n) is 8.57. The van der Waals surface area contributed by atoms with E-state index in [1.807, 2.05) is 52.5 Å². The molecule has 3 aromatic heterocycles. The summed E-state index contributed by atoms with van der Waals surface area (Å²) in [4.78, 5) is 19.7. The summed E-state index contributed by atoms with van der Waals surface area (Å²) < 4.78 is 3.88. The van der Waals surface area contributed by atoms with Crippen molar-refractivity contribution in [3.63, 3.8) is 0 Å². The molecule has 32 heavy (non-hydrogen) atoms. The lowest BCUT2D eigenvalue weighted by Gasteiger charge is -2.22. The summed E-state index contributed by atoms with van der Waals surface area (Å²) >= 11 is 2.29. The van der Waals surface area contributed by atoms with Crippen LogP contribution in [0.1, 0.15) is 53.4 Å². The van der Waals surface area contributed by atoms with Gasteiger partial charge in [0.15, 0.2) is 0 Å². The molecule has 2 saturated carbocycles. The van der Waals surface area contributed by atoms with E-state index < -0.39 is 0 Å². The number of halogens is 1. The maximum Gasteiger partial charge on any atom is 0.322 e. The molecule has 3 aromatic rings. The summed E-state index contributed by atoms with van der Waals surface area (Å²) in [5, 5.41) is 13.4. The number of urea groups is 1. The molecule has 2 aliphatic carbocycles. The fraction of sp³-hybridized carbons (Fsp3) is 0.545. The number of nitrogens with one attached hydrogen (secondary N) is 1. The molecule has 2 aliphatic rings. The van der Waals surface area contributed by atoms with Crippen LogP contribution in [0.4, 0.5) is 10.5 Å². The van der Waals surface area contributed by atoms with E-state index in [0.717, 1.165) is 54.5 Å². The summed E-state index contributed by atoms with van der Waals surface area (Å²) in [7, 11) is 0. The Balaban J connectivity index is 0.00000119. The third-order valence-electron chi connectivity index (χ3n) is 5.46. The van der Waals surface area contributed by atoms with E-state index in [4.69, 9.17) is 5.10 Å². The zero-order chi connectivity index (χ0) is 22.8. The second kappa shape index (κ2) is 10.0. The standard InChI is InChI=1S/C20H25IN7OP.C2H6/c1-12(2)10-26-18-7-16(22-8-13(18)9-23-26)19-17(11-27(25-19)30-21)24-20(29)28(14-3-4-14)15-5-6-15;1-2/h7-9,11-12,14-15,30H,3-6,10H2,1-2H3,(H,24,29);1-2H3. The van der Waals surface area contributed by atoms with Crippen LogP contribution < -0.4 is 5.32 Å². The molecule has 1 N–H and O–H groups in total. The number of nitrogens with zero attached hydrogens (tertiary/aromatic N) is 6. The van der Waals surface area contributed by atoms with Gasteiger partial charge in [0, 0.05) is 30.2 Å². The summed E-state index contributed by atoms with van der Waals surface area (Å²) in [5.41, 5.74) is 3.21. The summed E-state index contributed by atoms with van der Waals surface area (Å²) in [6, 6.07) is 2.83. The first-order valence-corrected chi connectivity index (χ1v) is 15.5. The third kappa shape index (κ3) is 5.09. The van der Waals surface area contributed by atoms with E-state index in [1.165, 1.54) is 0 Å². The van der Waals surface area contributed by atoms with Gasteiger partial charge >= 0.3 is 6.03 Å². The number of carbonyl (C=O) groups excluding carboxylic acids is 1. The quantitative estimate of drug-likeness (QED) is 0.284. The monoisotopic (exact) mass is 567 g/mol. The van der Waals surface area contributed by atoms with E-state index in [1.54, 1.807) is 0 Å². The van der Waals surface area contributed by atoms with Crippen LogP contribution in [0.5, 0.6) is 0 Å². The van der Waals surface area contributed by atoms with E-state index in [-0.39, 0.29) is 6.03 Å². The molecule has 0 saturated heterocycles. The SMILES string of the molecule is CC.CC(C)Cn1ncc2cnc(-c3nn(PI)cc3NC(=O)N(C3CC3)C3CC3)cc21. The highest BCUT2D eigenvalue weighted by Gasteiger charge is 2.42.